The molecule has 114 valence electrons. The standard InChI is InChI=1S/C14H11FN2O5/c1-2-9-12(5-6-16-13(9)14(18)19)22-8-3-4-11(17(20)21)10(15)7-8/h3-7H,2H2,1H3,(H,18,19). The van der Waals surface area contributed by atoms with Gasteiger partial charge in [0.1, 0.15) is 11.5 Å². The van der Waals surface area contributed by atoms with Crippen LogP contribution in [0.4, 0.5) is 10.1 Å². The van der Waals surface area contributed by atoms with Crippen LogP contribution in [0.1, 0.15) is 23.0 Å². The Labute approximate surface area is 124 Å². The summed E-state index contributed by atoms with van der Waals surface area (Å²) in [6, 6.07) is 4.54. The van der Waals surface area contributed by atoms with E-state index in [0.717, 1.165) is 12.1 Å². The number of hydrogen-bond donors (Lipinski definition) is 1. The molecule has 0 radical (unpaired) electrons. The molecule has 0 fully saturated rings. The van der Waals surface area contributed by atoms with Gasteiger partial charge in [-0.15, -0.1) is 0 Å². The number of aromatic carboxylic acids is 1. The van der Waals surface area contributed by atoms with Gasteiger partial charge in [0.05, 0.1) is 4.92 Å². The van der Waals surface area contributed by atoms with E-state index in [9.17, 15) is 19.3 Å². The summed E-state index contributed by atoms with van der Waals surface area (Å²) in [6.45, 7) is 1.73. The molecule has 0 bridgehead atoms. The molecular formula is C14H11FN2O5. The van der Waals surface area contributed by atoms with Crippen molar-refractivity contribution in [3.63, 3.8) is 0 Å². The van der Waals surface area contributed by atoms with Crippen LogP contribution in [-0.2, 0) is 6.42 Å². The van der Waals surface area contributed by atoms with E-state index in [2.05, 4.69) is 4.98 Å². The van der Waals surface area contributed by atoms with Gasteiger partial charge in [0, 0.05) is 23.9 Å². The van der Waals surface area contributed by atoms with Crippen LogP contribution in [0.2, 0.25) is 0 Å². The van der Waals surface area contributed by atoms with Gasteiger partial charge < -0.3 is 9.84 Å². The predicted molar refractivity (Wildman–Crippen MR) is 73.7 cm³/mol. The number of pyridine rings is 1. The second-order valence-electron chi connectivity index (χ2n) is 4.27. The number of hydrogen-bond acceptors (Lipinski definition) is 5. The second kappa shape index (κ2) is 6.17. The Morgan fingerprint density at radius 1 is 1.45 bits per heavy atom. The van der Waals surface area contributed by atoms with Crippen molar-refractivity contribution in [3.05, 3.63) is 57.7 Å². The van der Waals surface area contributed by atoms with E-state index in [1.54, 1.807) is 6.92 Å². The predicted octanol–water partition coefficient (Wildman–Crippen LogP) is 3.18. The maximum absolute atomic E-state index is 13.6. The number of halogens is 1. The lowest BCUT2D eigenvalue weighted by atomic mass is 10.1. The molecule has 2 rings (SSSR count). The van der Waals surface area contributed by atoms with Gasteiger partial charge in [-0.05, 0) is 18.6 Å². The lowest BCUT2D eigenvalue weighted by molar-refractivity contribution is -0.387. The minimum Gasteiger partial charge on any atom is -0.477 e. The first-order valence-corrected chi connectivity index (χ1v) is 6.27. The summed E-state index contributed by atoms with van der Waals surface area (Å²) < 4.78 is 19.0. The number of benzene rings is 1. The van der Waals surface area contributed by atoms with Crippen molar-refractivity contribution in [2.75, 3.05) is 0 Å². The Morgan fingerprint density at radius 2 is 2.18 bits per heavy atom. The van der Waals surface area contributed by atoms with Gasteiger partial charge in [0.25, 0.3) is 0 Å². The summed E-state index contributed by atoms with van der Waals surface area (Å²) in [4.78, 5) is 24.6. The molecule has 0 saturated carbocycles. The Hall–Kier alpha value is -3.03. The second-order valence-corrected chi connectivity index (χ2v) is 4.27. The lowest BCUT2D eigenvalue weighted by Crippen LogP contribution is -2.06. The molecule has 0 atom stereocenters. The van der Waals surface area contributed by atoms with Gasteiger partial charge in [-0.2, -0.15) is 4.39 Å². The van der Waals surface area contributed by atoms with Crippen LogP contribution in [0.25, 0.3) is 0 Å². The summed E-state index contributed by atoms with van der Waals surface area (Å²) in [6.07, 6.45) is 1.61. The molecule has 1 aromatic heterocycles. The molecule has 0 unspecified atom stereocenters. The van der Waals surface area contributed by atoms with E-state index >= 15 is 0 Å². The number of nitro groups is 1. The maximum atomic E-state index is 13.6. The molecular weight excluding hydrogens is 295 g/mol. The number of nitrogens with zero attached hydrogens (tertiary/aromatic N) is 2. The third-order valence-electron chi connectivity index (χ3n) is 2.91. The molecule has 7 nitrogen and oxygen atoms in total. The highest BCUT2D eigenvalue weighted by Crippen LogP contribution is 2.30. The van der Waals surface area contributed by atoms with Gasteiger partial charge in [-0.1, -0.05) is 6.92 Å². The number of nitro benzene ring substituents is 1. The quantitative estimate of drug-likeness (QED) is 0.672. The van der Waals surface area contributed by atoms with Gasteiger partial charge in [-0.3, -0.25) is 10.1 Å². The molecule has 1 aromatic carbocycles. The molecule has 0 aliphatic carbocycles. The topological polar surface area (TPSA) is 103 Å². The monoisotopic (exact) mass is 306 g/mol. The summed E-state index contributed by atoms with van der Waals surface area (Å²) in [7, 11) is 0. The first-order chi connectivity index (χ1) is 10.4. The van der Waals surface area contributed by atoms with Crippen LogP contribution >= 0.6 is 0 Å². The molecule has 1 heterocycles. The van der Waals surface area contributed by atoms with Crippen LogP contribution < -0.4 is 4.74 Å². The normalized spacial score (nSPS) is 10.3. The zero-order valence-corrected chi connectivity index (χ0v) is 11.4. The number of carbonyl (C=O) groups is 1. The van der Waals surface area contributed by atoms with Crippen molar-refractivity contribution < 1.29 is 24.0 Å². The average Bonchev–Trinajstić information content (AvgIpc) is 2.46. The van der Waals surface area contributed by atoms with Gasteiger partial charge in [-0.25, -0.2) is 9.78 Å². The summed E-state index contributed by atoms with van der Waals surface area (Å²) >= 11 is 0. The van der Waals surface area contributed by atoms with Crippen molar-refractivity contribution in [2.45, 2.75) is 13.3 Å². The molecule has 0 spiro atoms. The van der Waals surface area contributed by atoms with E-state index in [0.29, 0.717) is 12.0 Å². The minimum absolute atomic E-state index is 0.0281. The zero-order chi connectivity index (χ0) is 16.3. The van der Waals surface area contributed by atoms with E-state index in [4.69, 9.17) is 9.84 Å². The fourth-order valence-electron chi connectivity index (χ4n) is 1.92. The average molecular weight is 306 g/mol. The zero-order valence-electron chi connectivity index (χ0n) is 11.4. The maximum Gasteiger partial charge on any atom is 0.354 e. The van der Waals surface area contributed by atoms with Crippen molar-refractivity contribution in [1.82, 2.24) is 4.98 Å². The molecule has 2 aromatic rings. The molecule has 22 heavy (non-hydrogen) atoms. The SMILES string of the molecule is CCc1c(Oc2ccc([N+](=O)[O-])c(F)c2)ccnc1C(=O)O. The molecule has 0 saturated heterocycles. The Bertz CT molecular complexity index is 748. The van der Waals surface area contributed by atoms with Gasteiger partial charge in [0.15, 0.2) is 5.69 Å². The Balaban J connectivity index is 2.39. The minimum atomic E-state index is -1.20. The van der Waals surface area contributed by atoms with Crippen molar-refractivity contribution in [1.29, 1.82) is 0 Å². The first kappa shape index (κ1) is 15.4. The number of carboxylic acids is 1. The molecule has 0 aliphatic rings. The smallest absolute Gasteiger partial charge is 0.354 e. The molecule has 8 heteroatoms. The van der Waals surface area contributed by atoms with Crippen molar-refractivity contribution in [3.8, 4) is 11.5 Å². The van der Waals surface area contributed by atoms with Crippen molar-refractivity contribution >= 4 is 11.7 Å². The number of aromatic nitrogens is 1. The van der Waals surface area contributed by atoms with E-state index in [1.165, 1.54) is 18.3 Å². The summed E-state index contributed by atoms with van der Waals surface area (Å²) in [5, 5.41) is 19.6. The highest BCUT2D eigenvalue weighted by atomic mass is 19.1. The molecule has 0 aliphatic heterocycles. The van der Waals surface area contributed by atoms with Crippen LogP contribution in [-0.4, -0.2) is 21.0 Å². The van der Waals surface area contributed by atoms with Crippen LogP contribution in [0.3, 0.4) is 0 Å². The molecule has 0 amide bonds. The van der Waals surface area contributed by atoms with E-state index < -0.39 is 22.4 Å². The van der Waals surface area contributed by atoms with Gasteiger partial charge >= 0.3 is 11.7 Å². The summed E-state index contributed by atoms with van der Waals surface area (Å²) in [5.41, 5.74) is -0.458. The third-order valence-corrected chi connectivity index (χ3v) is 2.91. The highest BCUT2D eigenvalue weighted by molar-refractivity contribution is 5.87. The first-order valence-electron chi connectivity index (χ1n) is 6.27. The van der Waals surface area contributed by atoms with Crippen molar-refractivity contribution in [2.24, 2.45) is 0 Å². The Kier molecular flexibility index (Phi) is 4.31. The van der Waals surface area contributed by atoms with Crippen LogP contribution in [0, 0.1) is 15.9 Å². The lowest BCUT2D eigenvalue weighted by Gasteiger charge is -2.11. The fraction of sp³-hybridized carbons (Fsp3) is 0.143. The van der Waals surface area contributed by atoms with Crippen LogP contribution in [0.15, 0.2) is 30.5 Å². The van der Waals surface area contributed by atoms with Crippen LogP contribution in [0.5, 0.6) is 11.5 Å². The largest absolute Gasteiger partial charge is 0.477 e. The fourth-order valence-corrected chi connectivity index (χ4v) is 1.92. The summed E-state index contributed by atoms with van der Waals surface area (Å²) in [5.74, 6) is -1.99. The van der Waals surface area contributed by atoms with E-state index in [1.807, 2.05) is 0 Å². The number of ether oxygens (including phenoxy) is 1. The highest BCUT2D eigenvalue weighted by Gasteiger charge is 2.18. The molecule has 1 N–H and O–H groups in total. The third kappa shape index (κ3) is 3.00. The number of rotatable bonds is 5. The number of carboxylic acid groups (broad SMARTS) is 1. The van der Waals surface area contributed by atoms with E-state index in [-0.39, 0.29) is 17.2 Å². The van der Waals surface area contributed by atoms with Gasteiger partial charge in [0.2, 0.25) is 5.82 Å². The Morgan fingerprint density at radius 3 is 2.73 bits per heavy atom.